The van der Waals surface area contributed by atoms with Crippen LogP contribution in [0.2, 0.25) is 0 Å². The van der Waals surface area contributed by atoms with Crippen LogP contribution in [-0.2, 0) is 11.2 Å². The third kappa shape index (κ3) is 5.35. The number of benzene rings is 3. The van der Waals surface area contributed by atoms with E-state index < -0.39 is 6.04 Å². The average molecular weight is 418 g/mol. The lowest BCUT2D eigenvalue weighted by Gasteiger charge is -2.20. The van der Waals surface area contributed by atoms with Gasteiger partial charge < -0.3 is 24.8 Å². The summed E-state index contributed by atoms with van der Waals surface area (Å²) in [6.45, 7) is 1.77. The minimum atomic E-state index is -0.482. The normalized spacial score (nSPS) is 13.3. The van der Waals surface area contributed by atoms with Crippen LogP contribution in [0, 0.1) is 0 Å². The first-order valence-electron chi connectivity index (χ1n) is 10.3. The summed E-state index contributed by atoms with van der Waals surface area (Å²) in [5, 5.41) is 6.38. The molecular formula is C25H26N2O4. The van der Waals surface area contributed by atoms with Gasteiger partial charge in [-0.2, -0.15) is 0 Å². The van der Waals surface area contributed by atoms with E-state index in [1.165, 1.54) is 0 Å². The number of hydrogen-bond acceptors (Lipinski definition) is 5. The van der Waals surface area contributed by atoms with Gasteiger partial charge in [-0.3, -0.25) is 4.79 Å². The van der Waals surface area contributed by atoms with Crippen molar-refractivity contribution in [2.45, 2.75) is 12.5 Å². The number of methoxy groups -OCH3 is 1. The van der Waals surface area contributed by atoms with E-state index in [0.717, 1.165) is 29.0 Å². The van der Waals surface area contributed by atoms with Crippen molar-refractivity contribution in [2.24, 2.45) is 0 Å². The molecule has 0 fully saturated rings. The fourth-order valence-corrected chi connectivity index (χ4v) is 3.53. The zero-order chi connectivity index (χ0) is 21.5. The second-order valence-electron chi connectivity index (χ2n) is 7.25. The van der Waals surface area contributed by atoms with E-state index in [4.69, 9.17) is 14.2 Å². The highest BCUT2D eigenvalue weighted by Crippen LogP contribution is 2.30. The maximum Gasteiger partial charge on any atom is 0.246 e. The number of rotatable bonds is 8. The Morgan fingerprint density at radius 1 is 0.968 bits per heavy atom. The van der Waals surface area contributed by atoms with E-state index in [0.29, 0.717) is 31.2 Å². The van der Waals surface area contributed by atoms with Gasteiger partial charge in [0.2, 0.25) is 5.91 Å². The summed E-state index contributed by atoms with van der Waals surface area (Å²) in [5.41, 5.74) is 2.72. The zero-order valence-electron chi connectivity index (χ0n) is 17.5. The number of nitrogens with one attached hydrogen (secondary N) is 2. The Labute approximate surface area is 182 Å². The van der Waals surface area contributed by atoms with E-state index in [2.05, 4.69) is 10.6 Å². The summed E-state index contributed by atoms with van der Waals surface area (Å²) in [6.07, 6.45) is 0.756. The molecule has 6 heteroatoms. The third-order valence-electron chi connectivity index (χ3n) is 5.10. The SMILES string of the molecule is COc1cccc(NC(=O)[C@@H](NCCc2ccc3c(c2)OCCO3)c2ccccc2)c1. The molecule has 0 saturated carbocycles. The molecule has 0 saturated heterocycles. The van der Waals surface area contributed by atoms with Crippen LogP contribution in [-0.4, -0.2) is 32.8 Å². The van der Waals surface area contributed by atoms with Gasteiger partial charge in [-0.15, -0.1) is 0 Å². The Kier molecular flexibility index (Phi) is 6.69. The Morgan fingerprint density at radius 2 is 1.77 bits per heavy atom. The van der Waals surface area contributed by atoms with Gasteiger partial charge >= 0.3 is 0 Å². The van der Waals surface area contributed by atoms with Gasteiger partial charge in [-0.1, -0.05) is 42.5 Å². The first kappa shape index (κ1) is 20.8. The van der Waals surface area contributed by atoms with Crippen molar-refractivity contribution in [3.63, 3.8) is 0 Å². The molecule has 1 amide bonds. The number of carbonyl (C=O) groups is 1. The highest BCUT2D eigenvalue weighted by Gasteiger charge is 2.20. The van der Waals surface area contributed by atoms with Gasteiger partial charge in [-0.25, -0.2) is 0 Å². The Hall–Kier alpha value is -3.51. The van der Waals surface area contributed by atoms with E-state index in [9.17, 15) is 4.79 Å². The minimum Gasteiger partial charge on any atom is -0.497 e. The molecule has 2 N–H and O–H groups in total. The molecule has 0 unspecified atom stereocenters. The van der Waals surface area contributed by atoms with Crippen molar-refractivity contribution in [3.8, 4) is 17.2 Å². The number of ether oxygens (including phenoxy) is 3. The third-order valence-corrected chi connectivity index (χ3v) is 5.10. The van der Waals surface area contributed by atoms with Crippen molar-refractivity contribution < 1.29 is 19.0 Å². The van der Waals surface area contributed by atoms with Crippen LogP contribution in [0.3, 0.4) is 0 Å². The summed E-state index contributed by atoms with van der Waals surface area (Å²) < 4.78 is 16.5. The van der Waals surface area contributed by atoms with Gasteiger partial charge in [-0.05, 0) is 41.8 Å². The van der Waals surface area contributed by atoms with Crippen LogP contribution >= 0.6 is 0 Å². The van der Waals surface area contributed by atoms with Crippen molar-refractivity contribution >= 4 is 11.6 Å². The number of amides is 1. The van der Waals surface area contributed by atoms with Crippen LogP contribution in [0.15, 0.2) is 72.8 Å². The van der Waals surface area contributed by atoms with Crippen LogP contribution in [0.4, 0.5) is 5.69 Å². The van der Waals surface area contributed by atoms with Crippen LogP contribution < -0.4 is 24.8 Å². The summed E-state index contributed by atoms with van der Waals surface area (Å²) in [7, 11) is 1.60. The topological polar surface area (TPSA) is 68.8 Å². The molecule has 0 spiro atoms. The fraction of sp³-hybridized carbons (Fsp3) is 0.240. The number of hydrogen-bond donors (Lipinski definition) is 2. The van der Waals surface area contributed by atoms with Gasteiger partial charge in [0.05, 0.1) is 7.11 Å². The lowest BCUT2D eigenvalue weighted by Crippen LogP contribution is -2.34. The average Bonchev–Trinajstić information content (AvgIpc) is 2.82. The van der Waals surface area contributed by atoms with Gasteiger partial charge in [0.1, 0.15) is 25.0 Å². The number of anilines is 1. The Morgan fingerprint density at radius 3 is 2.58 bits per heavy atom. The smallest absolute Gasteiger partial charge is 0.246 e. The van der Waals surface area contributed by atoms with Crippen molar-refractivity contribution in [3.05, 3.63) is 83.9 Å². The van der Waals surface area contributed by atoms with E-state index in [-0.39, 0.29) is 5.91 Å². The fourth-order valence-electron chi connectivity index (χ4n) is 3.53. The zero-order valence-corrected chi connectivity index (χ0v) is 17.5. The predicted octanol–water partition coefficient (Wildman–Crippen LogP) is 3.98. The van der Waals surface area contributed by atoms with Crippen LogP contribution in [0.25, 0.3) is 0 Å². The number of fused-ring (bicyclic) bond motifs is 1. The summed E-state index contributed by atoms with van der Waals surface area (Å²) in [4.78, 5) is 13.1. The second kappa shape index (κ2) is 10.00. The van der Waals surface area contributed by atoms with Crippen molar-refractivity contribution in [1.29, 1.82) is 0 Å². The Balaban J connectivity index is 1.43. The quantitative estimate of drug-likeness (QED) is 0.579. The molecular weight excluding hydrogens is 392 g/mol. The van der Waals surface area contributed by atoms with E-state index in [1.54, 1.807) is 13.2 Å². The molecule has 4 rings (SSSR count). The van der Waals surface area contributed by atoms with Gasteiger partial charge in [0, 0.05) is 18.3 Å². The number of carbonyl (C=O) groups excluding carboxylic acids is 1. The lowest BCUT2D eigenvalue weighted by atomic mass is 10.0. The molecule has 0 aliphatic carbocycles. The molecule has 0 bridgehead atoms. The summed E-state index contributed by atoms with van der Waals surface area (Å²) in [5.74, 6) is 2.13. The van der Waals surface area contributed by atoms with Gasteiger partial charge in [0.25, 0.3) is 0 Å². The molecule has 1 heterocycles. The summed E-state index contributed by atoms with van der Waals surface area (Å²) >= 11 is 0. The highest BCUT2D eigenvalue weighted by atomic mass is 16.6. The largest absolute Gasteiger partial charge is 0.497 e. The van der Waals surface area contributed by atoms with Crippen molar-refractivity contribution in [2.75, 3.05) is 32.2 Å². The molecule has 0 aromatic heterocycles. The minimum absolute atomic E-state index is 0.123. The van der Waals surface area contributed by atoms with E-state index in [1.807, 2.05) is 66.7 Å². The second-order valence-corrected chi connectivity index (χ2v) is 7.25. The van der Waals surface area contributed by atoms with Gasteiger partial charge in [0.15, 0.2) is 11.5 Å². The van der Waals surface area contributed by atoms with E-state index >= 15 is 0 Å². The van der Waals surface area contributed by atoms with Crippen LogP contribution in [0.5, 0.6) is 17.2 Å². The lowest BCUT2D eigenvalue weighted by molar-refractivity contribution is -0.118. The highest BCUT2D eigenvalue weighted by molar-refractivity contribution is 5.95. The first-order chi connectivity index (χ1) is 15.2. The molecule has 6 nitrogen and oxygen atoms in total. The molecule has 160 valence electrons. The molecule has 3 aromatic rings. The molecule has 1 aliphatic heterocycles. The maximum atomic E-state index is 13.1. The Bertz CT molecular complexity index is 1020. The van der Waals surface area contributed by atoms with Crippen molar-refractivity contribution in [1.82, 2.24) is 5.32 Å². The standard InChI is InChI=1S/C25H26N2O4/c1-29-21-9-5-8-20(17-21)27-25(28)24(19-6-3-2-4-7-19)26-13-12-18-10-11-22-23(16-18)31-15-14-30-22/h2-11,16-17,24,26H,12-15H2,1H3,(H,27,28)/t24-/m0/s1. The molecule has 31 heavy (non-hydrogen) atoms. The first-order valence-corrected chi connectivity index (χ1v) is 10.3. The molecule has 1 atom stereocenters. The molecule has 0 radical (unpaired) electrons. The van der Waals surface area contributed by atoms with Crippen LogP contribution in [0.1, 0.15) is 17.2 Å². The molecule has 1 aliphatic rings. The molecule has 3 aromatic carbocycles. The maximum absolute atomic E-state index is 13.1. The summed E-state index contributed by atoms with van der Waals surface area (Å²) in [6, 6.07) is 22.5. The monoisotopic (exact) mass is 418 g/mol. The predicted molar refractivity (Wildman–Crippen MR) is 120 cm³/mol.